The highest BCUT2D eigenvalue weighted by Crippen LogP contribution is 2.32. The van der Waals surface area contributed by atoms with Crippen LogP contribution in [0.25, 0.3) is 10.2 Å². The van der Waals surface area contributed by atoms with E-state index in [1.54, 1.807) is 17.6 Å². The number of thiazole rings is 1. The van der Waals surface area contributed by atoms with Gasteiger partial charge in [-0.25, -0.2) is 4.98 Å². The molecule has 0 aliphatic heterocycles. The van der Waals surface area contributed by atoms with E-state index >= 15 is 0 Å². The predicted molar refractivity (Wildman–Crippen MR) is 81.8 cm³/mol. The van der Waals surface area contributed by atoms with Crippen LogP contribution in [0.3, 0.4) is 0 Å². The molecule has 0 radical (unpaired) electrons. The summed E-state index contributed by atoms with van der Waals surface area (Å²) < 4.78 is 0.950. The third-order valence-electron chi connectivity index (χ3n) is 2.71. The summed E-state index contributed by atoms with van der Waals surface area (Å²) in [6.45, 7) is 0. The minimum Gasteiger partial charge on any atom is -0.319 e. The van der Waals surface area contributed by atoms with Crippen LogP contribution < -0.4 is 5.32 Å². The molecule has 0 aliphatic rings. The minimum absolute atomic E-state index is 0.284. The first kappa shape index (κ1) is 13.3. The normalized spacial score (nSPS) is 10.7. The number of anilines is 1. The molecular formula is C13H7Cl2N3OS. The number of carbonyl (C=O) groups excluding carboxylic acids is 1. The lowest BCUT2D eigenvalue weighted by atomic mass is 10.2. The number of halogens is 2. The van der Waals surface area contributed by atoms with E-state index in [1.807, 2.05) is 6.07 Å². The maximum absolute atomic E-state index is 12.2. The summed E-state index contributed by atoms with van der Waals surface area (Å²) >= 11 is 13.6. The zero-order valence-electron chi connectivity index (χ0n) is 9.93. The van der Waals surface area contributed by atoms with Crippen LogP contribution in [0.4, 0.5) is 5.69 Å². The number of rotatable bonds is 2. The smallest absolute Gasteiger partial charge is 0.257 e. The second kappa shape index (κ2) is 5.36. The zero-order valence-corrected chi connectivity index (χ0v) is 12.3. The van der Waals surface area contributed by atoms with Crippen molar-refractivity contribution in [1.82, 2.24) is 9.97 Å². The SMILES string of the molecule is O=C(Nc1c(Cl)ccc2scnc12)c1ccncc1Cl. The molecule has 0 atom stereocenters. The first-order valence-corrected chi connectivity index (χ1v) is 7.23. The second-order valence-corrected chi connectivity index (χ2v) is 5.63. The molecule has 3 rings (SSSR count). The molecule has 7 heteroatoms. The van der Waals surface area contributed by atoms with Crippen molar-refractivity contribution < 1.29 is 4.79 Å². The number of nitrogens with zero attached hydrogens (tertiary/aromatic N) is 2. The van der Waals surface area contributed by atoms with Crippen molar-refractivity contribution in [1.29, 1.82) is 0 Å². The van der Waals surface area contributed by atoms with Gasteiger partial charge < -0.3 is 5.32 Å². The van der Waals surface area contributed by atoms with Gasteiger partial charge >= 0.3 is 0 Å². The highest BCUT2D eigenvalue weighted by molar-refractivity contribution is 7.16. The Morgan fingerprint density at radius 2 is 2.05 bits per heavy atom. The van der Waals surface area contributed by atoms with Gasteiger partial charge in [0.05, 0.1) is 31.5 Å². The van der Waals surface area contributed by atoms with Gasteiger partial charge in [0.25, 0.3) is 5.91 Å². The summed E-state index contributed by atoms with van der Waals surface area (Å²) in [7, 11) is 0. The fourth-order valence-corrected chi connectivity index (χ4v) is 2.86. The fourth-order valence-electron chi connectivity index (χ4n) is 1.77. The van der Waals surface area contributed by atoms with E-state index in [9.17, 15) is 4.79 Å². The van der Waals surface area contributed by atoms with Gasteiger partial charge in [-0.15, -0.1) is 11.3 Å². The van der Waals surface area contributed by atoms with Crippen molar-refractivity contribution in [2.75, 3.05) is 5.32 Å². The molecule has 1 amide bonds. The molecule has 1 aromatic carbocycles. The number of benzene rings is 1. The fraction of sp³-hybridized carbons (Fsp3) is 0. The molecule has 4 nitrogen and oxygen atoms in total. The standard InChI is InChI=1S/C13H7Cl2N3OS/c14-8-1-2-10-12(17-6-20-10)11(8)18-13(19)7-3-4-16-5-9(7)15/h1-6H,(H,18,19). The van der Waals surface area contributed by atoms with Crippen molar-refractivity contribution in [2.24, 2.45) is 0 Å². The maximum Gasteiger partial charge on any atom is 0.257 e. The lowest BCUT2D eigenvalue weighted by molar-refractivity contribution is 0.102. The van der Waals surface area contributed by atoms with Crippen molar-refractivity contribution in [3.05, 3.63) is 51.7 Å². The molecule has 0 saturated heterocycles. The van der Waals surface area contributed by atoms with Crippen LogP contribution >= 0.6 is 34.5 Å². The molecule has 2 aromatic heterocycles. The van der Waals surface area contributed by atoms with Crippen LogP contribution in [0.5, 0.6) is 0 Å². The summed E-state index contributed by atoms with van der Waals surface area (Å²) in [6.07, 6.45) is 2.92. The molecular weight excluding hydrogens is 317 g/mol. The van der Waals surface area contributed by atoms with Crippen LogP contribution in [0.2, 0.25) is 10.0 Å². The van der Waals surface area contributed by atoms with Gasteiger partial charge in [-0.3, -0.25) is 9.78 Å². The van der Waals surface area contributed by atoms with Crippen molar-refractivity contribution in [3.8, 4) is 0 Å². The van der Waals surface area contributed by atoms with Crippen molar-refractivity contribution >= 4 is 56.3 Å². The first-order valence-electron chi connectivity index (χ1n) is 5.59. The van der Waals surface area contributed by atoms with Crippen LogP contribution in [0.15, 0.2) is 36.1 Å². The lowest BCUT2D eigenvalue weighted by Gasteiger charge is -2.08. The molecule has 0 fully saturated rings. The molecule has 20 heavy (non-hydrogen) atoms. The highest BCUT2D eigenvalue weighted by atomic mass is 35.5. The molecule has 1 N–H and O–H groups in total. The Labute approximate surface area is 128 Å². The largest absolute Gasteiger partial charge is 0.319 e. The maximum atomic E-state index is 12.2. The minimum atomic E-state index is -0.347. The Kier molecular flexibility index (Phi) is 3.56. The molecule has 0 aliphatic carbocycles. The molecule has 0 unspecified atom stereocenters. The number of nitrogens with one attached hydrogen (secondary N) is 1. The second-order valence-electron chi connectivity index (χ2n) is 3.93. The van der Waals surface area contributed by atoms with Gasteiger partial charge in [0.1, 0.15) is 5.52 Å². The molecule has 2 heterocycles. The Balaban J connectivity index is 2.01. The third-order valence-corrected chi connectivity index (χ3v) is 4.12. The summed E-state index contributed by atoms with van der Waals surface area (Å²) in [4.78, 5) is 20.3. The highest BCUT2D eigenvalue weighted by Gasteiger charge is 2.15. The number of pyridine rings is 1. The van der Waals surface area contributed by atoms with Crippen LogP contribution in [0, 0.1) is 0 Å². The molecule has 0 saturated carbocycles. The number of hydrogen-bond acceptors (Lipinski definition) is 4. The van der Waals surface area contributed by atoms with Crippen LogP contribution in [-0.2, 0) is 0 Å². The molecule has 0 spiro atoms. The lowest BCUT2D eigenvalue weighted by Crippen LogP contribution is -2.13. The van der Waals surface area contributed by atoms with E-state index in [1.165, 1.54) is 23.7 Å². The Morgan fingerprint density at radius 1 is 1.20 bits per heavy atom. The number of fused-ring (bicyclic) bond motifs is 1. The monoisotopic (exact) mass is 323 g/mol. The van der Waals surface area contributed by atoms with Gasteiger partial charge in [-0.1, -0.05) is 23.2 Å². The predicted octanol–water partition coefficient (Wildman–Crippen LogP) is 4.25. The number of carbonyl (C=O) groups is 1. The zero-order chi connectivity index (χ0) is 14.1. The van der Waals surface area contributed by atoms with E-state index < -0.39 is 0 Å². The third kappa shape index (κ3) is 2.35. The van der Waals surface area contributed by atoms with E-state index in [0.717, 1.165) is 4.70 Å². The van der Waals surface area contributed by atoms with Crippen molar-refractivity contribution in [2.45, 2.75) is 0 Å². The van der Waals surface area contributed by atoms with E-state index in [2.05, 4.69) is 15.3 Å². The van der Waals surface area contributed by atoms with Gasteiger partial charge in [-0.2, -0.15) is 0 Å². The molecule has 100 valence electrons. The van der Waals surface area contributed by atoms with E-state index in [0.29, 0.717) is 21.8 Å². The Bertz CT molecular complexity index is 803. The average Bonchev–Trinajstić information content (AvgIpc) is 2.91. The Hall–Kier alpha value is -1.69. The first-order chi connectivity index (χ1) is 9.66. The summed E-state index contributed by atoms with van der Waals surface area (Å²) in [5.74, 6) is -0.347. The average molecular weight is 324 g/mol. The number of amides is 1. The topological polar surface area (TPSA) is 54.9 Å². The van der Waals surface area contributed by atoms with Gasteiger partial charge in [0.15, 0.2) is 0 Å². The van der Waals surface area contributed by atoms with Crippen LogP contribution in [0.1, 0.15) is 10.4 Å². The summed E-state index contributed by atoms with van der Waals surface area (Å²) in [5, 5.41) is 3.47. The molecule has 3 aromatic rings. The van der Waals surface area contributed by atoms with E-state index in [4.69, 9.17) is 23.2 Å². The molecule has 0 bridgehead atoms. The summed E-state index contributed by atoms with van der Waals surface area (Å²) in [5.41, 5.74) is 3.20. The number of hydrogen-bond donors (Lipinski definition) is 1. The summed E-state index contributed by atoms with van der Waals surface area (Å²) in [6, 6.07) is 5.14. The quantitative estimate of drug-likeness (QED) is 0.767. The van der Waals surface area contributed by atoms with Crippen molar-refractivity contribution in [3.63, 3.8) is 0 Å². The Morgan fingerprint density at radius 3 is 2.85 bits per heavy atom. The van der Waals surface area contributed by atoms with Gasteiger partial charge in [0.2, 0.25) is 0 Å². The number of aromatic nitrogens is 2. The van der Waals surface area contributed by atoms with Gasteiger partial charge in [0, 0.05) is 12.4 Å². The van der Waals surface area contributed by atoms with Gasteiger partial charge in [-0.05, 0) is 18.2 Å². The van der Waals surface area contributed by atoms with E-state index in [-0.39, 0.29) is 10.9 Å². The van der Waals surface area contributed by atoms with Crippen LogP contribution in [-0.4, -0.2) is 15.9 Å².